The van der Waals surface area contributed by atoms with E-state index in [4.69, 9.17) is 16.6 Å². The maximum atomic E-state index is 5.99. The molecule has 5 heteroatoms. The molecule has 1 atom stereocenters. The lowest BCUT2D eigenvalue weighted by Crippen LogP contribution is -2.29. The SMILES string of the molecule is Clc1ncc(-c2ccc3c4c(ccc3c2C2=NCCS2)C2=C(CCC=C2)C(C2CCC2)C4)cn1. The van der Waals surface area contributed by atoms with Gasteiger partial charge in [-0.1, -0.05) is 48.4 Å². The van der Waals surface area contributed by atoms with Gasteiger partial charge in [-0.25, -0.2) is 9.97 Å². The zero-order chi connectivity index (χ0) is 22.6. The standard InChI is InChI=1S/C29H26ClN3S/c30-29-32-15-18(16-33-29)19-8-9-23-24(27(19)28-31-12-13-34-28)11-10-22-20-6-1-2-7-21(20)25(14-26(22)23)17-4-3-5-17/h1,6,8-11,15-17,25H,2-5,7,12-14H2. The minimum absolute atomic E-state index is 0.277. The highest BCUT2D eigenvalue weighted by atomic mass is 35.5. The minimum atomic E-state index is 0.277. The number of thioether (sulfide) groups is 1. The molecule has 0 bridgehead atoms. The summed E-state index contributed by atoms with van der Waals surface area (Å²) < 4.78 is 0. The van der Waals surface area contributed by atoms with Gasteiger partial charge in [0.1, 0.15) is 0 Å². The van der Waals surface area contributed by atoms with E-state index in [0.717, 1.165) is 34.4 Å². The van der Waals surface area contributed by atoms with Crippen molar-refractivity contribution in [2.45, 2.75) is 38.5 Å². The molecular formula is C29H26ClN3S. The van der Waals surface area contributed by atoms with Crippen LogP contribution in [0.15, 0.2) is 59.4 Å². The van der Waals surface area contributed by atoms with Crippen LogP contribution in [0.4, 0.5) is 0 Å². The third kappa shape index (κ3) is 3.30. The fourth-order valence-corrected chi connectivity index (χ4v) is 7.34. The first-order valence-corrected chi connectivity index (χ1v) is 13.8. The molecule has 3 nitrogen and oxygen atoms in total. The number of allylic oxidation sites excluding steroid dienone is 4. The van der Waals surface area contributed by atoms with Crippen molar-refractivity contribution in [2.24, 2.45) is 16.8 Å². The monoisotopic (exact) mass is 483 g/mol. The Morgan fingerprint density at radius 2 is 1.79 bits per heavy atom. The predicted octanol–water partition coefficient (Wildman–Crippen LogP) is 7.52. The molecule has 3 aliphatic carbocycles. The van der Waals surface area contributed by atoms with Crippen molar-refractivity contribution in [3.63, 3.8) is 0 Å². The highest BCUT2D eigenvalue weighted by molar-refractivity contribution is 8.14. The molecule has 34 heavy (non-hydrogen) atoms. The number of aromatic nitrogens is 2. The Bertz CT molecular complexity index is 1400. The molecular weight excluding hydrogens is 458 g/mol. The Labute approximate surface area is 209 Å². The number of hydrogen-bond donors (Lipinski definition) is 0. The maximum absolute atomic E-state index is 5.99. The molecule has 7 rings (SSSR count). The molecule has 3 aromatic rings. The van der Waals surface area contributed by atoms with E-state index in [1.54, 1.807) is 5.57 Å². The first-order valence-electron chi connectivity index (χ1n) is 12.4. The van der Waals surface area contributed by atoms with Gasteiger partial charge in [0.2, 0.25) is 5.28 Å². The van der Waals surface area contributed by atoms with Gasteiger partial charge in [0.15, 0.2) is 0 Å². The van der Waals surface area contributed by atoms with Crippen molar-refractivity contribution in [1.82, 2.24) is 9.97 Å². The number of rotatable bonds is 3. The zero-order valence-electron chi connectivity index (χ0n) is 19.1. The first kappa shape index (κ1) is 20.9. The Kier molecular flexibility index (Phi) is 5.13. The summed E-state index contributed by atoms with van der Waals surface area (Å²) in [7, 11) is 0. The lowest BCUT2D eigenvalue weighted by molar-refractivity contribution is 0.227. The maximum Gasteiger partial charge on any atom is 0.222 e. The molecule has 2 heterocycles. The average Bonchev–Trinajstić information content (AvgIpc) is 3.37. The van der Waals surface area contributed by atoms with Gasteiger partial charge in [-0.3, -0.25) is 4.99 Å². The Morgan fingerprint density at radius 3 is 2.56 bits per heavy atom. The summed E-state index contributed by atoms with van der Waals surface area (Å²) in [5.74, 6) is 2.61. The van der Waals surface area contributed by atoms with Crippen LogP contribution in [0.3, 0.4) is 0 Å². The fourth-order valence-electron chi connectivity index (χ4n) is 6.32. The number of aliphatic imine (C=N–C) groups is 1. The molecule has 0 saturated heterocycles. The third-order valence-corrected chi connectivity index (χ3v) is 9.32. The average molecular weight is 484 g/mol. The number of fused-ring (bicyclic) bond motifs is 4. The molecule has 0 amide bonds. The number of nitrogens with zero attached hydrogens (tertiary/aromatic N) is 3. The Morgan fingerprint density at radius 1 is 0.971 bits per heavy atom. The smallest absolute Gasteiger partial charge is 0.222 e. The van der Waals surface area contributed by atoms with Crippen molar-refractivity contribution in [3.8, 4) is 11.1 Å². The van der Waals surface area contributed by atoms with Crippen molar-refractivity contribution in [1.29, 1.82) is 0 Å². The molecule has 1 unspecified atom stereocenters. The van der Waals surface area contributed by atoms with E-state index in [2.05, 4.69) is 46.4 Å². The molecule has 4 aliphatic rings. The van der Waals surface area contributed by atoms with Gasteiger partial charge in [0.05, 0.1) is 5.04 Å². The van der Waals surface area contributed by atoms with Gasteiger partial charge < -0.3 is 0 Å². The van der Waals surface area contributed by atoms with Crippen molar-refractivity contribution in [3.05, 3.63) is 76.4 Å². The molecule has 0 radical (unpaired) electrons. The van der Waals surface area contributed by atoms with Gasteiger partial charge in [-0.15, -0.1) is 11.8 Å². The molecule has 0 spiro atoms. The van der Waals surface area contributed by atoms with Crippen molar-refractivity contribution >= 4 is 44.8 Å². The van der Waals surface area contributed by atoms with E-state index in [1.807, 2.05) is 24.2 Å². The summed E-state index contributed by atoms with van der Waals surface area (Å²) in [5.41, 5.74) is 9.57. The number of hydrogen-bond acceptors (Lipinski definition) is 4. The topological polar surface area (TPSA) is 38.1 Å². The largest absolute Gasteiger partial charge is 0.277 e. The van der Waals surface area contributed by atoms with Gasteiger partial charge in [-0.05, 0) is 88.6 Å². The minimum Gasteiger partial charge on any atom is -0.277 e. The van der Waals surface area contributed by atoms with Crippen LogP contribution in [-0.4, -0.2) is 27.3 Å². The van der Waals surface area contributed by atoms with Crippen LogP contribution in [-0.2, 0) is 6.42 Å². The Hall–Kier alpha value is -2.43. The zero-order valence-corrected chi connectivity index (χ0v) is 20.6. The van der Waals surface area contributed by atoms with Gasteiger partial charge in [0, 0.05) is 35.8 Å². The van der Waals surface area contributed by atoms with Crippen LogP contribution in [0.2, 0.25) is 5.28 Å². The molecule has 170 valence electrons. The van der Waals surface area contributed by atoms with Gasteiger partial charge in [-0.2, -0.15) is 0 Å². The van der Waals surface area contributed by atoms with Crippen LogP contribution < -0.4 is 0 Å². The van der Waals surface area contributed by atoms with Crippen LogP contribution in [0, 0.1) is 11.8 Å². The first-order chi connectivity index (χ1) is 16.8. The molecule has 2 aromatic carbocycles. The summed E-state index contributed by atoms with van der Waals surface area (Å²) in [5, 5.41) is 4.10. The highest BCUT2D eigenvalue weighted by Crippen LogP contribution is 2.50. The van der Waals surface area contributed by atoms with E-state index >= 15 is 0 Å². The highest BCUT2D eigenvalue weighted by Gasteiger charge is 2.36. The second-order valence-electron chi connectivity index (χ2n) is 9.83. The molecule has 1 fully saturated rings. The second kappa shape index (κ2) is 8.35. The van der Waals surface area contributed by atoms with Crippen LogP contribution >= 0.6 is 23.4 Å². The van der Waals surface area contributed by atoms with E-state index in [1.165, 1.54) is 71.6 Å². The summed E-state index contributed by atoms with van der Waals surface area (Å²) in [4.78, 5) is 13.4. The summed E-state index contributed by atoms with van der Waals surface area (Å²) in [6, 6.07) is 9.30. The fraction of sp³-hybridized carbons (Fsp3) is 0.345. The predicted molar refractivity (Wildman–Crippen MR) is 144 cm³/mol. The van der Waals surface area contributed by atoms with Gasteiger partial charge in [0.25, 0.3) is 0 Å². The molecule has 1 aliphatic heterocycles. The Balaban J connectivity index is 1.46. The third-order valence-electron chi connectivity index (χ3n) is 8.13. The van der Waals surface area contributed by atoms with Crippen LogP contribution in [0.1, 0.15) is 48.8 Å². The van der Waals surface area contributed by atoms with E-state index in [0.29, 0.717) is 5.92 Å². The lowest BCUT2D eigenvalue weighted by Gasteiger charge is -2.41. The normalized spacial score (nSPS) is 21.9. The molecule has 1 aromatic heterocycles. The van der Waals surface area contributed by atoms with E-state index in [-0.39, 0.29) is 5.28 Å². The summed E-state index contributed by atoms with van der Waals surface area (Å²) in [6.07, 6.45) is 16.2. The van der Waals surface area contributed by atoms with Crippen LogP contribution in [0.5, 0.6) is 0 Å². The van der Waals surface area contributed by atoms with Crippen LogP contribution in [0.25, 0.3) is 27.5 Å². The quantitative estimate of drug-likeness (QED) is 0.361. The second-order valence-corrected chi connectivity index (χ2v) is 11.3. The number of halogens is 1. The number of benzene rings is 2. The van der Waals surface area contributed by atoms with Crippen molar-refractivity contribution in [2.75, 3.05) is 12.3 Å². The van der Waals surface area contributed by atoms with Crippen molar-refractivity contribution < 1.29 is 0 Å². The molecule has 0 N–H and O–H groups in total. The lowest BCUT2D eigenvalue weighted by atomic mass is 9.64. The summed E-state index contributed by atoms with van der Waals surface area (Å²) >= 11 is 7.85. The van der Waals surface area contributed by atoms with E-state index < -0.39 is 0 Å². The molecule has 1 saturated carbocycles. The summed E-state index contributed by atoms with van der Waals surface area (Å²) in [6.45, 7) is 0.878. The van der Waals surface area contributed by atoms with E-state index in [9.17, 15) is 0 Å². The van der Waals surface area contributed by atoms with Gasteiger partial charge >= 0.3 is 0 Å².